The third-order valence-electron chi connectivity index (χ3n) is 6.87. The monoisotopic (exact) mass is 433 g/mol. The number of Topliss-reactive ketones (excluding diaryl/α,β-unsaturated/α-hetero) is 1. The summed E-state index contributed by atoms with van der Waals surface area (Å²) in [5.41, 5.74) is 3.78. The molecule has 4 rings (SSSR count). The average molecular weight is 434 g/mol. The van der Waals surface area contributed by atoms with Gasteiger partial charge in [-0.3, -0.25) is 19.4 Å². The Labute approximate surface area is 189 Å². The predicted molar refractivity (Wildman–Crippen MR) is 123 cm³/mol. The zero-order valence-corrected chi connectivity index (χ0v) is 18.8. The van der Waals surface area contributed by atoms with Crippen molar-refractivity contribution >= 4 is 17.6 Å². The van der Waals surface area contributed by atoms with E-state index in [1.807, 2.05) is 21.9 Å². The number of likely N-dealkylation sites (tertiary alicyclic amines) is 1. The first-order chi connectivity index (χ1) is 15.5. The molecule has 6 nitrogen and oxygen atoms in total. The molecule has 0 bridgehead atoms. The van der Waals surface area contributed by atoms with Crippen molar-refractivity contribution in [2.75, 3.05) is 26.2 Å². The summed E-state index contributed by atoms with van der Waals surface area (Å²) in [6, 6.07) is 9.62. The molecule has 2 aromatic rings. The Hall–Kier alpha value is -3.02. The SMILES string of the molecule is CC(=O)N1CCC(CCC(=O)c2ccc3c(c2)CCN(C(=O)c2cccnc2)CC3)CC1. The van der Waals surface area contributed by atoms with Gasteiger partial charge in [0, 0.05) is 57.5 Å². The highest BCUT2D eigenvalue weighted by molar-refractivity contribution is 5.96. The second kappa shape index (κ2) is 10.1. The molecule has 0 spiro atoms. The van der Waals surface area contributed by atoms with Crippen molar-refractivity contribution in [2.24, 2.45) is 5.92 Å². The highest BCUT2D eigenvalue weighted by atomic mass is 16.2. The highest BCUT2D eigenvalue weighted by Gasteiger charge is 2.23. The molecule has 0 unspecified atom stereocenters. The van der Waals surface area contributed by atoms with Gasteiger partial charge in [0.15, 0.2) is 5.78 Å². The van der Waals surface area contributed by atoms with E-state index in [2.05, 4.69) is 11.1 Å². The minimum atomic E-state index is 0.0121. The first-order valence-electron chi connectivity index (χ1n) is 11.6. The summed E-state index contributed by atoms with van der Waals surface area (Å²) in [6.07, 6.45) is 8.24. The summed E-state index contributed by atoms with van der Waals surface area (Å²) >= 11 is 0. The maximum Gasteiger partial charge on any atom is 0.255 e. The number of benzene rings is 1. The molecule has 1 fully saturated rings. The van der Waals surface area contributed by atoms with Crippen molar-refractivity contribution in [1.29, 1.82) is 0 Å². The van der Waals surface area contributed by atoms with Gasteiger partial charge < -0.3 is 9.80 Å². The Bertz CT molecular complexity index is 981. The molecule has 1 aromatic heterocycles. The van der Waals surface area contributed by atoms with Gasteiger partial charge in [-0.05, 0) is 67.3 Å². The Morgan fingerprint density at radius 3 is 2.38 bits per heavy atom. The first-order valence-corrected chi connectivity index (χ1v) is 11.6. The Morgan fingerprint density at radius 2 is 1.69 bits per heavy atom. The summed E-state index contributed by atoms with van der Waals surface area (Å²) < 4.78 is 0. The Morgan fingerprint density at radius 1 is 0.938 bits per heavy atom. The van der Waals surface area contributed by atoms with Crippen LogP contribution in [0.25, 0.3) is 0 Å². The minimum Gasteiger partial charge on any atom is -0.343 e. The molecular weight excluding hydrogens is 402 g/mol. The second-order valence-electron chi connectivity index (χ2n) is 8.93. The Balaban J connectivity index is 1.33. The van der Waals surface area contributed by atoms with E-state index in [0.29, 0.717) is 31.0 Å². The van der Waals surface area contributed by atoms with E-state index < -0.39 is 0 Å². The van der Waals surface area contributed by atoms with Crippen molar-refractivity contribution in [3.05, 3.63) is 65.0 Å². The number of hydrogen-bond donors (Lipinski definition) is 0. The fraction of sp³-hybridized carbons (Fsp3) is 0.462. The molecule has 0 atom stereocenters. The normalized spacial score (nSPS) is 16.9. The summed E-state index contributed by atoms with van der Waals surface area (Å²) in [4.78, 5) is 44.9. The molecule has 2 aliphatic rings. The number of fused-ring (bicyclic) bond motifs is 1. The van der Waals surface area contributed by atoms with Gasteiger partial charge in [-0.25, -0.2) is 0 Å². The third kappa shape index (κ3) is 5.23. The first kappa shape index (κ1) is 22.2. The van der Waals surface area contributed by atoms with Crippen LogP contribution < -0.4 is 0 Å². The van der Waals surface area contributed by atoms with Crippen LogP contribution in [0.3, 0.4) is 0 Å². The van der Waals surface area contributed by atoms with Crippen LogP contribution in [0.2, 0.25) is 0 Å². The minimum absolute atomic E-state index is 0.0121. The van der Waals surface area contributed by atoms with E-state index >= 15 is 0 Å². The topological polar surface area (TPSA) is 70.6 Å². The molecule has 32 heavy (non-hydrogen) atoms. The number of aromatic nitrogens is 1. The van der Waals surface area contributed by atoms with Crippen molar-refractivity contribution in [2.45, 2.75) is 45.4 Å². The lowest BCUT2D eigenvalue weighted by molar-refractivity contribution is -0.130. The molecule has 1 saturated heterocycles. The van der Waals surface area contributed by atoms with E-state index in [1.165, 1.54) is 11.1 Å². The van der Waals surface area contributed by atoms with Gasteiger partial charge in [0.05, 0.1) is 5.56 Å². The number of piperidine rings is 1. The maximum atomic E-state index is 12.9. The molecule has 0 radical (unpaired) electrons. The van der Waals surface area contributed by atoms with Gasteiger partial charge in [0.2, 0.25) is 5.91 Å². The van der Waals surface area contributed by atoms with Crippen LogP contribution >= 0.6 is 0 Å². The van der Waals surface area contributed by atoms with Crippen molar-refractivity contribution in [3.8, 4) is 0 Å². The largest absolute Gasteiger partial charge is 0.343 e. The predicted octanol–water partition coefficient (Wildman–Crippen LogP) is 3.54. The number of nitrogens with zero attached hydrogens (tertiary/aromatic N) is 3. The second-order valence-corrected chi connectivity index (χ2v) is 8.93. The van der Waals surface area contributed by atoms with E-state index in [0.717, 1.165) is 50.8 Å². The zero-order valence-electron chi connectivity index (χ0n) is 18.8. The van der Waals surface area contributed by atoms with E-state index in [9.17, 15) is 14.4 Å². The number of amides is 2. The number of carbonyl (C=O) groups excluding carboxylic acids is 3. The van der Waals surface area contributed by atoms with E-state index in [4.69, 9.17) is 0 Å². The number of pyridine rings is 1. The van der Waals surface area contributed by atoms with Crippen molar-refractivity contribution < 1.29 is 14.4 Å². The van der Waals surface area contributed by atoms with E-state index in [-0.39, 0.29) is 17.6 Å². The van der Waals surface area contributed by atoms with Gasteiger partial charge in [-0.1, -0.05) is 12.1 Å². The molecule has 1 aromatic carbocycles. The van der Waals surface area contributed by atoms with Crippen molar-refractivity contribution in [1.82, 2.24) is 14.8 Å². The fourth-order valence-electron chi connectivity index (χ4n) is 4.79. The lowest BCUT2D eigenvalue weighted by atomic mass is 9.89. The number of carbonyl (C=O) groups is 3. The molecular formula is C26H31N3O3. The van der Waals surface area contributed by atoms with Gasteiger partial charge in [-0.2, -0.15) is 0 Å². The van der Waals surface area contributed by atoms with Crippen LogP contribution in [0.1, 0.15) is 64.4 Å². The Kier molecular flexibility index (Phi) is 6.98. The third-order valence-corrected chi connectivity index (χ3v) is 6.87. The van der Waals surface area contributed by atoms with Crippen LogP contribution in [0.15, 0.2) is 42.7 Å². The summed E-state index contributed by atoms with van der Waals surface area (Å²) in [5, 5.41) is 0. The van der Waals surface area contributed by atoms with Gasteiger partial charge in [0.25, 0.3) is 5.91 Å². The maximum absolute atomic E-state index is 12.9. The van der Waals surface area contributed by atoms with Crippen LogP contribution in [0.4, 0.5) is 0 Å². The van der Waals surface area contributed by atoms with Crippen LogP contribution in [-0.2, 0) is 17.6 Å². The zero-order chi connectivity index (χ0) is 22.5. The molecule has 0 aliphatic carbocycles. The summed E-state index contributed by atoms with van der Waals surface area (Å²) in [7, 11) is 0. The lowest BCUT2D eigenvalue weighted by Crippen LogP contribution is -2.37. The number of rotatable bonds is 5. The quantitative estimate of drug-likeness (QED) is 0.676. The van der Waals surface area contributed by atoms with Gasteiger partial charge in [-0.15, -0.1) is 0 Å². The number of ketones is 1. The summed E-state index contributed by atoms with van der Waals surface area (Å²) in [5.74, 6) is 0.861. The molecule has 3 heterocycles. The molecule has 6 heteroatoms. The molecule has 2 amide bonds. The molecule has 0 N–H and O–H groups in total. The van der Waals surface area contributed by atoms with E-state index in [1.54, 1.807) is 31.5 Å². The van der Waals surface area contributed by atoms with Crippen molar-refractivity contribution in [3.63, 3.8) is 0 Å². The standard InChI is InChI=1S/C26H31N3O3/c1-19(30)28-13-8-20(9-14-28)4-7-25(31)23-6-5-21-10-15-29(16-11-22(21)17-23)26(32)24-3-2-12-27-18-24/h2-3,5-6,12,17-18,20H,4,7-11,13-16H2,1H3. The number of hydrogen-bond acceptors (Lipinski definition) is 4. The summed E-state index contributed by atoms with van der Waals surface area (Å²) in [6.45, 7) is 4.55. The smallest absolute Gasteiger partial charge is 0.255 e. The highest BCUT2D eigenvalue weighted by Crippen LogP contribution is 2.24. The average Bonchev–Trinajstić information content (AvgIpc) is 3.05. The molecule has 0 saturated carbocycles. The van der Waals surface area contributed by atoms with Gasteiger partial charge >= 0.3 is 0 Å². The molecule has 168 valence electrons. The fourth-order valence-corrected chi connectivity index (χ4v) is 4.79. The van der Waals surface area contributed by atoms with Crippen LogP contribution in [0.5, 0.6) is 0 Å². The van der Waals surface area contributed by atoms with Crippen LogP contribution in [-0.4, -0.2) is 58.6 Å². The van der Waals surface area contributed by atoms with Gasteiger partial charge in [0.1, 0.15) is 0 Å². The lowest BCUT2D eigenvalue weighted by Gasteiger charge is -2.31. The van der Waals surface area contributed by atoms with Crippen LogP contribution in [0, 0.1) is 5.92 Å². The molecule has 2 aliphatic heterocycles.